The highest BCUT2D eigenvalue weighted by Crippen LogP contribution is 2.35. The van der Waals surface area contributed by atoms with E-state index in [2.05, 4.69) is 0 Å². The molecule has 0 aliphatic rings. The van der Waals surface area contributed by atoms with E-state index >= 15 is 0 Å². The molecule has 3 aromatic heterocycles. The standard InChI is InChI=1S/C14H6ClNO3S2/c15-9-5-6-11(17)10(14(18)19)13-16(12(6)21-9)7-3-1-2-4-8(7)20-13/h1-5H,(H,18,19). The molecule has 0 radical (unpaired) electrons. The zero-order valence-corrected chi connectivity index (χ0v) is 12.7. The summed E-state index contributed by atoms with van der Waals surface area (Å²) in [7, 11) is 0. The average molecular weight is 336 g/mol. The monoisotopic (exact) mass is 335 g/mol. The summed E-state index contributed by atoms with van der Waals surface area (Å²) in [5, 5.41) is 9.77. The van der Waals surface area contributed by atoms with Crippen LogP contribution in [0.3, 0.4) is 0 Å². The van der Waals surface area contributed by atoms with Gasteiger partial charge in [0, 0.05) is 0 Å². The Morgan fingerprint density at radius 3 is 2.71 bits per heavy atom. The number of aromatic carboxylic acids is 1. The molecule has 0 amide bonds. The number of carboxylic acids is 1. The molecule has 0 fully saturated rings. The highest BCUT2D eigenvalue weighted by atomic mass is 35.5. The van der Waals surface area contributed by atoms with Crippen molar-refractivity contribution in [2.45, 2.75) is 0 Å². The molecule has 1 N–H and O–H groups in total. The Labute approximate surface area is 130 Å². The van der Waals surface area contributed by atoms with Gasteiger partial charge in [-0.1, -0.05) is 23.7 Å². The Bertz CT molecular complexity index is 1110. The fourth-order valence-corrected chi connectivity index (χ4v) is 4.92. The lowest BCUT2D eigenvalue weighted by atomic mass is 10.2. The summed E-state index contributed by atoms with van der Waals surface area (Å²) in [5.74, 6) is -1.21. The number of carbonyl (C=O) groups is 1. The second kappa shape index (κ2) is 4.30. The normalized spacial score (nSPS) is 11.7. The van der Waals surface area contributed by atoms with Gasteiger partial charge < -0.3 is 5.11 Å². The predicted octanol–water partition coefficient (Wildman–Crippen LogP) is 4.08. The molecule has 7 heteroatoms. The fraction of sp³-hybridized carbons (Fsp3) is 0. The minimum Gasteiger partial charge on any atom is -0.477 e. The number of halogens is 1. The minimum absolute atomic E-state index is 0.196. The van der Waals surface area contributed by atoms with Gasteiger partial charge in [-0.3, -0.25) is 9.20 Å². The molecule has 3 heterocycles. The first-order valence-corrected chi connectivity index (χ1v) is 7.97. The molecule has 4 rings (SSSR count). The second-order valence-electron chi connectivity index (χ2n) is 4.49. The molecule has 0 saturated heterocycles. The summed E-state index contributed by atoms with van der Waals surface area (Å²) in [6, 6.07) is 9.12. The van der Waals surface area contributed by atoms with Gasteiger partial charge in [0.2, 0.25) is 5.43 Å². The molecule has 0 atom stereocenters. The van der Waals surface area contributed by atoms with Gasteiger partial charge in [-0.2, -0.15) is 0 Å². The Morgan fingerprint density at radius 1 is 1.19 bits per heavy atom. The molecule has 0 aliphatic heterocycles. The van der Waals surface area contributed by atoms with E-state index in [1.54, 1.807) is 0 Å². The molecular weight excluding hydrogens is 330 g/mol. The van der Waals surface area contributed by atoms with Crippen molar-refractivity contribution in [3.8, 4) is 0 Å². The van der Waals surface area contributed by atoms with E-state index in [1.165, 1.54) is 28.7 Å². The first kappa shape index (κ1) is 12.8. The van der Waals surface area contributed by atoms with Gasteiger partial charge >= 0.3 is 5.97 Å². The maximum absolute atomic E-state index is 12.4. The molecule has 0 saturated carbocycles. The minimum atomic E-state index is -1.21. The zero-order chi connectivity index (χ0) is 14.7. The van der Waals surface area contributed by atoms with E-state index in [1.807, 2.05) is 28.7 Å². The molecule has 4 aromatic rings. The number of thiazole rings is 1. The van der Waals surface area contributed by atoms with Crippen molar-refractivity contribution in [2.75, 3.05) is 0 Å². The van der Waals surface area contributed by atoms with E-state index in [0.717, 1.165) is 10.2 Å². The van der Waals surface area contributed by atoms with E-state index in [-0.39, 0.29) is 5.56 Å². The number of fused-ring (bicyclic) bond motifs is 5. The van der Waals surface area contributed by atoms with Crippen LogP contribution in [0.15, 0.2) is 35.1 Å². The van der Waals surface area contributed by atoms with Crippen LogP contribution >= 0.6 is 34.3 Å². The third-order valence-electron chi connectivity index (χ3n) is 3.30. The van der Waals surface area contributed by atoms with Crippen LogP contribution in [0.2, 0.25) is 4.34 Å². The van der Waals surface area contributed by atoms with Crippen LogP contribution in [0, 0.1) is 0 Å². The molecule has 21 heavy (non-hydrogen) atoms. The lowest BCUT2D eigenvalue weighted by Crippen LogP contribution is -2.16. The number of thiophene rings is 1. The third kappa shape index (κ3) is 1.67. The number of benzene rings is 1. The van der Waals surface area contributed by atoms with Crippen LogP contribution in [-0.4, -0.2) is 15.5 Å². The van der Waals surface area contributed by atoms with Gasteiger partial charge in [0.1, 0.15) is 15.2 Å². The van der Waals surface area contributed by atoms with Crippen molar-refractivity contribution >= 4 is 65.5 Å². The molecule has 0 bridgehead atoms. The van der Waals surface area contributed by atoms with Crippen LogP contribution < -0.4 is 5.43 Å². The number of pyridine rings is 1. The van der Waals surface area contributed by atoms with Crippen LogP contribution in [0.5, 0.6) is 0 Å². The summed E-state index contributed by atoms with van der Waals surface area (Å²) < 4.78 is 3.21. The Hall–Kier alpha value is -1.89. The van der Waals surface area contributed by atoms with Gasteiger partial charge in [-0.25, -0.2) is 4.79 Å². The van der Waals surface area contributed by atoms with Crippen molar-refractivity contribution < 1.29 is 9.90 Å². The molecule has 1 aromatic carbocycles. The number of carboxylic acid groups (broad SMARTS) is 1. The van der Waals surface area contributed by atoms with E-state index in [9.17, 15) is 14.7 Å². The van der Waals surface area contributed by atoms with Crippen molar-refractivity contribution in [3.63, 3.8) is 0 Å². The van der Waals surface area contributed by atoms with Gasteiger partial charge in [-0.05, 0) is 18.2 Å². The van der Waals surface area contributed by atoms with Crippen molar-refractivity contribution in [1.82, 2.24) is 4.40 Å². The Kier molecular flexibility index (Phi) is 2.63. The maximum atomic E-state index is 12.4. The van der Waals surface area contributed by atoms with Crippen molar-refractivity contribution in [2.24, 2.45) is 0 Å². The maximum Gasteiger partial charge on any atom is 0.342 e. The quantitative estimate of drug-likeness (QED) is 0.570. The third-order valence-corrected chi connectivity index (χ3v) is 5.70. The highest BCUT2D eigenvalue weighted by molar-refractivity contribution is 7.25. The summed E-state index contributed by atoms with van der Waals surface area (Å²) in [6.07, 6.45) is 0. The number of nitrogens with zero attached hydrogens (tertiary/aromatic N) is 1. The lowest BCUT2D eigenvalue weighted by molar-refractivity contribution is 0.0698. The number of para-hydroxylation sites is 1. The zero-order valence-electron chi connectivity index (χ0n) is 10.3. The molecule has 104 valence electrons. The summed E-state index contributed by atoms with van der Waals surface area (Å²) >= 11 is 8.61. The van der Waals surface area contributed by atoms with Gasteiger partial charge in [-0.15, -0.1) is 22.7 Å². The Balaban J connectivity index is 2.44. The molecule has 0 spiro atoms. The van der Waals surface area contributed by atoms with Gasteiger partial charge in [0.25, 0.3) is 0 Å². The first-order valence-electron chi connectivity index (χ1n) is 5.96. The van der Waals surface area contributed by atoms with E-state index in [4.69, 9.17) is 11.6 Å². The smallest absolute Gasteiger partial charge is 0.342 e. The van der Waals surface area contributed by atoms with Crippen molar-refractivity contribution in [1.29, 1.82) is 0 Å². The van der Waals surface area contributed by atoms with Gasteiger partial charge in [0.15, 0.2) is 0 Å². The van der Waals surface area contributed by atoms with Crippen LogP contribution in [0.1, 0.15) is 10.4 Å². The Morgan fingerprint density at radius 2 is 1.95 bits per heavy atom. The number of hydrogen-bond donors (Lipinski definition) is 1. The number of aromatic nitrogens is 1. The number of hydrogen-bond acceptors (Lipinski definition) is 4. The van der Waals surface area contributed by atoms with Crippen LogP contribution in [-0.2, 0) is 0 Å². The predicted molar refractivity (Wildman–Crippen MR) is 86.4 cm³/mol. The van der Waals surface area contributed by atoms with E-state index in [0.29, 0.717) is 19.4 Å². The summed E-state index contributed by atoms with van der Waals surface area (Å²) in [5.41, 5.74) is 0.203. The number of rotatable bonds is 1. The fourth-order valence-electron chi connectivity index (χ4n) is 2.45. The summed E-state index contributed by atoms with van der Waals surface area (Å²) in [6.45, 7) is 0. The van der Waals surface area contributed by atoms with Gasteiger partial charge in [0.05, 0.1) is 19.9 Å². The SMILES string of the molecule is O=C(O)c1c(=O)c2cc(Cl)sc2n2c1sc1ccccc12. The largest absolute Gasteiger partial charge is 0.477 e. The molecule has 0 unspecified atom stereocenters. The average Bonchev–Trinajstić information content (AvgIpc) is 2.98. The van der Waals surface area contributed by atoms with Crippen LogP contribution in [0.25, 0.3) is 25.3 Å². The van der Waals surface area contributed by atoms with E-state index < -0.39 is 11.4 Å². The first-order chi connectivity index (χ1) is 10.1. The topological polar surface area (TPSA) is 58.8 Å². The molecular formula is C14H6ClNO3S2. The van der Waals surface area contributed by atoms with Crippen LogP contribution in [0.4, 0.5) is 0 Å². The van der Waals surface area contributed by atoms with Crippen molar-refractivity contribution in [3.05, 3.63) is 50.5 Å². The second-order valence-corrected chi connectivity index (χ2v) is 7.18. The molecule has 0 aliphatic carbocycles. The lowest BCUT2D eigenvalue weighted by Gasteiger charge is -2.01. The molecule has 4 nitrogen and oxygen atoms in total. The summed E-state index contributed by atoms with van der Waals surface area (Å²) in [4.78, 5) is 25.1. The highest BCUT2D eigenvalue weighted by Gasteiger charge is 2.22.